The number of nitrogens with zero attached hydrogens (tertiary/aromatic N) is 4. The molecule has 0 bridgehead atoms. The molecule has 4 nitrogen and oxygen atoms in total. The fraction of sp³-hybridized carbons (Fsp3) is 0.350. The van der Waals surface area contributed by atoms with Gasteiger partial charge in [-0.1, -0.05) is 24.3 Å². The van der Waals surface area contributed by atoms with Crippen LogP contribution >= 0.6 is 11.5 Å². The highest BCUT2D eigenvalue weighted by atomic mass is 32.1. The normalized spacial score (nSPS) is 15.7. The van der Waals surface area contributed by atoms with Gasteiger partial charge in [-0.25, -0.2) is 0 Å². The molecule has 0 aliphatic carbocycles. The van der Waals surface area contributed by atoms with E-state index in [-0.39, 0.29) is 0 Å². The maximum atomic E-state index is 4.70. The van der Waals surface area contributed by atoms with E-state index in [0.29, 0.717) is 0 Å². The van der Waals surface area contributed by atoms with E-state index in [1.807, 2.05) is 0 Å². The highest BCUT2D eigenvalue weighted by molar-refractivity contribution is 7.13. The second-order valence-electron chi connectivity index (χ2n) is 6.83. The van der Waals surface area contributed by atoms with E-state index < -0.39 is 0 Å². The summed E-state index contributed by atoms with van der Waals surface area (Å²) < 4.78 is 5.98. The Morgan fingerprint density at radius 3 is 2.60 bits per heavy atom. The van der Waals surface area contributed by atoms with Gasteiger partial charge in [0.2, 0.25) is 0 Å². The zero-order valence-electron chi connectivity index (χ0n) is 14.9. The lowest BCUT2D eigenvalue weighted by atomic mass is 10.1. The molecule has 1 aliphatic rings. The van der Waals surface area contributed by atoms with Crippen molar-refractivity contribution in [1.82, 2.24) is 9.27 Å². The molecule has 0 atom stereocenters. The van der Waals surface area contributed by atoms with Crippen LogP contribution in [-0.4, -0.2) is 49.5 Å². The molecule has 130 valence electrons. The molecular formula is C20H24N4S. The van der Waals surface area contributed by atoms with Crippen LogP contribution in [-0.2, 0) is 6.54 Å². The van der Waals surface area contributed by atoms with E-state index in [2.05, 4.69) is 77.3 Å². The number of fused-ring (bicyclic) bond motifs is 1. The van der Waals surface area contributed by atoms with Gasteiger partial charge in [0.1, 0.15) is 5.82 Å². The molecule has 25 heavy (non-hydrogen) atoms. The monoisotopic (exact) mass is 352 g/mol. The molecule has 1 saturated heterocycles. The van der Waals surface area contributed by atoms with Gasteiger partial charge in [0.25, 0.3) is 0 Å². The average molecular weight is 353 g/mol. The third-order valence-corrected chi connectivity index (χ3v) is 5.68. The van der Waals surface area contributed by atoms with Gasteiger partial charge in [-0.3, -0.25) is 4.90 Å². The molecule has 0 radical (unpaired) electrons. The van der Waals surface area contributed by atoms with Crippen LogP contribution in [0, 0.1) is 0 Å². The number of piperazine rings is 1. The van der Waals surface area contributed by atoms with E-state index >= 15 is 0 Å². The lowest BCUT2D eigenvalue weighted by molar-refractivity contribution is 0.249. The Hall–Kier alpha value is -2.11. The number of benzene rings is 2. The van der Waals surface area contributed by atoms with Crippen LogP contribution < -0.4 is 9.80 Å². The molecule has 2 aromatic carbocycles. The number of aromatic nitrogens is 1. The van der Waals surface area contributed by atoms with Gasteiger partial charge in [0.15, 0.2) is 0 Å². The van der Waals surface area contributed by atoms with Gasteiger partial charge in [0, 0.05) is 57.9 Å². The molecule has 0 N–H and O–H groups in total. The molecule has 2 heterocycles. The van der Waals surface area contributed by atoms with Crippen LogP contribution in [0.4, 0.5) is 11.5 Å². The Morgan fingerprint density at radius 1 is 1.00 bits per heavy atom. The summed E-state index contributed by atoms with van der Waals surface area (Å²) in [5, 5.41) is 1.29. The second kappa shape index (κ2) is 7.02. The van der Waals surface area contributed by atoms with Crippen LogP contribution in [0.5, 0.6) is 0 Å². The SMILES string of the molecule is CN(C)c1cccc(CN2CCN(c3nsc4ccccc34)CC2)c1. The lowest BCUT2D eigenvalue weighted by Crippen LogP contribution is -2.46. The van der Waals surface area contributed by atoms with Crippen molar-refractivity contribution in [3.8, 4) is 0 Å². The van der Waals surface area contributed by atoms with Crippen molar-refractivity contribution in [3.63, 3.8) is 0 Å². The summed E-state index contributed by atoms with van der Waals surface area (Å²) in [7, 11) is 4.19. The highest BCUT2D eigenvalue weighted by Crippen LogP contribution is 2.30. The van der Waals surface area contributed by atoms with Crippen molar-refractivity contribution in [3.05, 3.63) is 54.1 Å². The van der Waals surface area contributed by atoms with Gasteiger partial charge < -0.3 is 9.80 Å². The minimum atomic E-state index is 1.02. The molecule has 0 spiro atoms. The summed E-state index contributed by atoms with van der Waals surface area (Å²) in [6, 6.07) is 17.4. The van der Waals surface area contributed by atoms with Crippen LogP contribution in [0.2, 0.25) is 0 Å². The maximum absolute atomic E-state index is 4.70. The van der Waals surface area contributed by atoms with Crippen molar-refractivity contribution in [2.75, 3.05) is 50.1 Å². The summed E-state index contributed by atoms with van der Waals surface area (Å²) >= 11 is 1.61. The first kappa shape index (κ1) is 16.4. The summed E-state index contributed by atoms with van der Waals surface area (Å²) in [6.07, 6.45) is 0. The molecule has 4 rings (SSSR count). The van der Waals surface area contributed by atoms with Crippen LogP contribution in [0.25, 0.3) is 10.1 Å². The van der Waals surface area contributed by atoms with Gasteiger partial charge in [-0.15, -0.1) is 0 Å². The van der Waals surface area contributed by atoms with Crippen LogP contribution in [0.1, 0.15) is 5.56 Å². The van der Waals surface area contributed by atoms with E-state index in [0.717, 1.165) is 38.5 Å². The average Bonchev–Trinajstić information content (AvgIpc) is 3.07. The first-order chi connectivity index (χ1) is 12.2. The minimum Gasteiger partial charge on any atom is -0.378 e. The molecule has 5 heteroatoms. The predicted molar refractivity (Wildman–Crippen MR) is 108 cm³/mol. The number of hydrogen-bond acceptors (Lipinski definition) is 5. The predicted octanol–water partition coefficient (Wildman–Crippen LogP) is 3.68. The maximum Gasteiger partial charge on any atom is 0.150 e. The second-order valence-corrected chi connectivity index (χ2v) is 7.63. The molecule has 3 aromatic rings. The molecule has 0 amide bonds. The first-order valence-corrected chi connectivity index (χ1v) is 9.56. The Kier molecular flexibility index (Phi) is 4.59. The molecule has 1 fully saturated rings. The summed E-state index contributed by atoms with van der Waals surface area (Å²) in [5.41, 5.74) is 2.66. The number of hydrogen-bond donors (Lipinski definition) is 0. The Morgan fingerprint density at radius 2 is 1.80 bits per heavy atom. The number of rotatable bonds is 4. The van der Waals surface area contributed by atoms with Crippen LogP contribution in [0.15, 0.2) is 48.5 Å². The first-order valence-electron chi connectivity index (χ1n) is 8.79. The zero-order valence-corrected chi connectivity index (χ0v) is 15.7. The fourth-order valence-corrected chi connectivity index (χ4v) is 4.21. The zero-order chi connectivity index (χ0) is 17.2. The number of anilines is 2. The third-order valence-electron chi connectivity index (χ3n) is 4.86. The Labute approximate surface area is 153 Å². The van der Waals surface area contributed by atoms with E-state index in [1.54, 1.807) is 11.5 Å². The van der Waals surface area contributed by atoms with Crippen molar-refractivity contribution in [2.45, 2.75) is 6.54 Å². The fourth-order valence-electron chi connectivity index (χ4n) is 3.41. The summed E-state index contributed by atoms with van der Waals surface area (Å²) in [6.45, 7) is 5.27. The van der Waals surface area contributed by atoms with Gasteiger partial charge in [0.05, 0.1) is 4.70 Å². The van der Waals surface area contributed by atoms with Crippen LogP contribution in [0.3, 0.4) is 0 Å². The van der Waals surface area contributed by atoms with Crippen molar-refractivity contribution in [1.29, 1.82) is 0 Å². The van der Waals surface area contributed by atoms with E-state index in [4.69, 9.17) is 4.37 Å². The smallest absolute Gasteiger partial charge is 0.150 e. The summed E-state index contributed by atoms with van der Waals surface area (Å²) in [5.74, 6) is 1.16. The van der Waals surface area contributed by atoms with Gasteiger partial charge in [-0.05, 0) is 41.4 Å². The van der Waals surface area contributed by atoms with Crippen molar-refractivity contribution < 1.29 is 0 Å². The molecular weight excluding hydrogens is 328 g/mol. The van der Waals surface area contributed by atoms with E-state index in [9.17, 15) is 0 Å². The Bertz CT molecular complexity index is 850. The standard InChI is InChI=1S/C20H24N4S/c1-22(2)17-7-5-6-16(14-17)15-23-10-12-24(13-11-23)20-18-8-3-4-9-19(18)25-21-20/h3-9,14H,10-13,15H2,1-2H3. The quantitative estimate of drug-likeness (QED) is 0.714. The molecule has 1 aliphatic heterocycles. The third kappa shape index (κ3) is 3.48. The summed E-state index contributed by atoms with van der Waals surface area (Å²) in [4.78, 5) is 7.14. The highest BCUT2D eigenvalue weighted by Gasteiger charge is 2.20. The topological polar surface area (TPSA) is 22.6 Å². The molecule has 0 saturated carbocycles. The molecule has 1 aromatic heterocycles. The van der Waals surface area contributed by atoms with Gasteiger partial charge in [-0.2, -0.15) is 4.37 Å². The van der Waals surface area contributed by atoms with E-state index in [1.165, 1.54) is 21.3 Å². The minimum absolute atomic E-state index is 1.02. The van der Waals surface area contributed by atoms with Crippen molar-refractivity contribution in [2.24, 2.45) is 0 Å². The molecule has 0 unspecified atom stereocenters. The largest absolute Gasteiger partial charge is 0.378 e. The lowest BCUT2D eigenvalue weighted by Gasteiger charge is -2.35. The Balaban J connectivity index is 1.41. The van der Waals surface area contributed by atoms with Crippen molar-refractivity contribution >= 4 is 33.1 Å². The van der Waals surface area contributed by atoms with Gasteiger partial charge >= 0.3 is 0 Å².